The van der Waals surface area contributed by atoms with Crippen LogP contribution in [0.1, 0.15) is 36.6 Å². The van der Waals surface area contributed by atoms with Crippen molar-refractivity contribution in [2.24, 2.45) is 0 Å². The third kappa shape index (κ3) is 2.63. The van der Waals surface area contributed by atoms with Gasteiger partial charge < -0.3 is 5.32 Å². The van der Waals surface area contributed by atoms with Crippen LogP contribution in [0.25, 0.3) is 10.1 Å². The summed E-state index contributed by atoms with van der Waals surface area (Å²) in [6, 6.07) is 7.45. The second-order valence-corrected chi connectivity index (χ2v) is 7.10. The van der Waals surface area contributed by atoms with E-state index in [1.807, 2.05) is 11.3 Å². The minimum atomic E-state index is 0.788. The summed E-state index contributed by atoms with van der Waals surface area (Å²) in [5.74, 6) is 0. The molecule has 2 aromatic rings. The highest BCUT2D eigenvalue weighted by Gasteiger charge is 2.21. The number of nitrogens with one attached hydrogen (secondary N) is 1. The summed E-state index contributed by atoms with van der Waals surface area (Å²) in [5, 5.41) is 5.09. The predicted octanol–water partition coefficient (Wildman–Crippen LogP) is 4.87. The number of aryl methyl sites for hydroxylation is 1. The fraction of sp³-hybridized carbons (Fsp3) is 0.467. The highest BCUT2D eigenvalue weighted by molar-refractivity contribution is 9.10. The monoisotopic (exact) mass is 323 g/mol. The molecule has 0 radical (unpaired) electrons. The second-order valence-electron chi connectivity index (χ2n) is 5.05. The van der Waals surface area contributed by atoms with Gasteiger partial charge in [-0.3, -0.25) is 0 Å². The van der Waals surface area contributed by atoms with Crippen molar-refractivity contribution in [2.45, 2.75) is 45.2 Å². The fourth-order valence-corrected chi connectivity index (χ4v) is 3.91. The van der Waals surface area contributed by atoms with Gasteiger partial charge in [0.05, 0.1) is 0 Å². The lowest BCUT2D eigenvalue weighted by atomic mass is 10.1. The maximum atomic E-state index is 3.65. The van der Waals surface area contributed by atoms with Gasteiger partial charge in [-0.25, -0.2) is 0 Å². The van der Waals surface area contributed by atoms with Crippen molar-refractivity contribution in [1.29, 1.82) is 0 Å². The quantitative estimate of drug-likeness (QED) is 0.827. The number of halogens is 1. The van der Waals surface area contributed by atoms with E-state index in [0.717, 1.165) is 12.6 Å². The lowest BCUT2D eigenvalue weighted by Crippen LogP contribution is -2.15. The number of fused-ring (bicyclic) bond motifs is 1. The maximum Gasteiger partial charge on any atom is 0.0349 e. The SMILES string of the molecule is CCCc1c(CNC2CC2)sc2ccc(Br)cc12. The molecule has 0 atom stereocenters. The normalized spacial score (nSPS) is 15.4. The number of hydrogen-bond donors (Lipinski definition) is 1. The van der Waals surface area contributed by atoms with Crippen LogP contribution < -0.4 is 5.32 Å². The summed E-state index contributed by atoms with van der Waals surface area (Å²) in [7, 11) is 0. The minimum absolute atomic E-state index is 0.788. The smallest absolute Gasteiger partial charge is 0.0349 e. The van der Waals surface area contributed by atoms with Crippen LogP contribution in [0.3, 0.4) is 0 Å². The first-order valence-corrected chi connectivity index (χ1v) is 8.32. The zero-order valence-electron chi connectivity index (χ0n) is 10.6. The zero-order chi connectivity index (χ0) is 12.5. The van der Waals surface area contributed by atoms with Crippen molar-refractivity contribution in [1.82, 2.24) is 5.32 Å². The van der Waals surface area contributed by atoms with Gasteiger partial charge in [0, 0.05) is 26.6 Å². The van der Waals surface area contributed by atoms with Gasteiger partial charge in [-0.05, 0) is 48.4 Å². The van der Waals surface area contributed by atoms with Crippen molar-refractivity contribution < 1.29 is 0 Å². The number of hydrogen-bond acceptors (Lipinski definition) is 2. The fourth-order valence-electron chi connectivity index (χ4n) is 2.36. The number of rotatable bonds is 5. The predicted molar refractivity (Wildman–Crippen MR) is 83.4 cm³/mol. The van der Waals surface area contributed by atoms with E-state index in [2.05, 4.69) is 46.4 Å². The molecule has 0 spiro atoms. The third-order valence-corrected chi connectivity index (χ3v) is 5.17. The molecule has 1 fully saturated rings. The van der Waals surface area contributed by atoms with E-state index in [9.17, 15) is 0 Å². The summed E-state index contributed by atoms with van der Waals surface area (Å²) in [4.78, 5) is 1.54. The van der Waals surface area contributed by atoms with Gasteiger partial charge in [-0.2, -0.15) is 0 Å². The van der Waals surface area contributed by atoms with Crippen LogP contribution in [0.5, 0.6) is 0 Å². The van der Waals surface area contributed by atoms with Crippen LogP contribution in [0, 0.1) is 0 Å². The lowest BCUT2D eigenvalue weighted by Gasteiger charge is -2.04. The molecule has 1 aliphatic rings. The van der Waals surface area contributed by atoms with Crippen molar-refractivity contribution in [2.75, 3.05) is 0 Å². The molecule has 1 saturated carbocycles. The van der Waals surface area contributed by atoms with Gasteiger partial charge in [-0.1, -0.05) is 29.3 Å². The lowest BCUT2D eigenvalue weighted by molar-refractivity contribution is 0.690. The Balaban J connectivity index is 1.96. The summed E-state index contributed by atoms with van der Waals surface area (Å²) < 4.78 is 2.61. The Kier molecular flexibility index (Phi) is 3.73. The van der Waals surface area contributed by atoms with E-state index in [0.29, 0.717) is 0 Å². The molecule has 1 nitrogen and oxygen atoms in total. The van der Waals surface area contributed by atoms with E-state index in [1.54, 1.807) is 5.56 Å². The number of benzene rings is 1. The molecule has 1 aromatic carbocycles. The van der Waals surface area contributed by atoms with Gasteiger partial charge in [0.2, 0.25) is 0 Å². The molecule has 0 saturated heterocycles. The maximum absolute atomic E-state index is 3.65. The van der Waals surface area contributed by atoms with Gasteiger partial charge in [0.15, 0.2) is 0 Å². The van der Waals surface area contributed by atoms with Crippen LogP contribution in [0.2, 0.25) is 0 Å². The van der Waals surface area contributed by atoms with Crippen molar-refractivity contribution in [3.05, 3.63) is 33.1 Å². The minimum Gasteiger partial charge on any atom is -0.309 e. The molecule has 96 valence electrons. The highest BCUT2D eigenvalue weighted by atomic mass is 79.9. The average molecular weight is 324 g/mol. The molecule has 1 aliphatic carbocycles. The first-order valence-electron chi connectivity index (χ1n) is 6.71. The largest absolute Gasteiger partial charge is 0.309 e. The molecule has 1 aromatic heterocycles. The summed E-state index contributed by atoms with van der Waals surface area (Å²) in [6.07, 6.45) is 5.13. The third-order valence-electron chi connectivity index (χ3n) is 3.47. The van der Waals surface area contributed by atoms with Crippen LogP contribution in [0.15, 0.2) is 22.7 Å². The summed E-state index contributed by atoms with van der Waals surface area (Å²) in [6.45, 7) is 3.32. The average Bonchev–Trinajstić information content (AvgIpc) is 3.13. The van der Waals surface area contributed by atoms with Crippen LogP contribution in [0.4, 0.5) is 0 Å². The van der Waals surface area contributed by atoms with E-state index >= 15 is 0 Å². The van der Waals surface area contributed by atoms with Crippen LogP contribution in [-0.4, -0.2) is 6.04 Å². The van der Waals surface area contributed by atoms with Crippen molar-refractivity contribution in [3.63, 3.8) is 0 Å². The molecular weight excluding hydrogens is 306 g/mol. The van der Waals surface area contributed by atoms with Gasteiger partial charge in [-0.15, -0.1) is 11.3 Å². The van der Waals surface area contributed by atoms with E-state index in [1.165, 1.54) is 45.1 Å². The summed E-state index contributed by atoms with van der Waals surface area (Å²) >= 11 is 5.55. The molecule has 0 amide bonds. The topological polar surface area (TPSA) is 12.0 Å². The molecule has 18 heavy (non-hydrogen) atoms. The molecule has 3 rings (SSSR count). The Labute approximate surface area is 121 Å². The van der Waals surface area contributed by atoms with Crippen molar-refractivity contribution >= 4 is 37.4 Å². The molecular formula is C15H18BrNS. The molecule has 0 unspecified atom stereocenters. The van der Waals surface area contributed by atoms with E-state index in [-0.39, 0.29) is 0 Å². The Morgan fingerprint density at radius 3 is 2.94 bits per heavy atom. The second kappa shape index (κ2) is 5.32. The standard InChI is InChI=1S/C15H18BrNS/c1-2-3-12-13-8-10(16)4-7-14(13)18-15(12)9-17-11-5-6-11/h4,7-8,11,17H,2-3,5-6,9H2,1H3. The molecule has 0 bridgehead atoms. The van der Waals surface area contributed by atoms with E-state index in [4.69, 9.17) is 0 Å². The van der Waals surface area contributed by atoms with E-state index < -0.39 is 0 Å². The Morgan fingerprint density at radius 1 is 1.39 bits per heavy atom. The van der Waals surface area contributed by atoms with Crippen LogP contribution >= 0.6 is 27.3 Å². The Bertz CT molecular complexity index is 557. The molecule has 0 aliphatic heterocycles. The van der Waals surface area contributed by atoms with Gasteiger partial charge in [0.25, 0.3) is 0 Å². The highest BCUT2D eigenvalue weighted by Crippen LogP contribution is 2.34. The molecule has 3 heteroatoms. The van der Waals surface area contributed by atoms with Crippen molar-refractivity contribution in [3.8, 4) is 0 Å². The first kappa shape index (κ1) is 12.6. The van der Waals surface area contributed by atoms with Gasteiger partial charge in [0.1, 0.15) is 0 Å². The molecule has 1 heterocycles. The summed E-state index contributed by atoms with van der Waals surface area (Å²) in [5.41, 5.74) is 1.56. The van der Waals surface area contributed by atoms with Gasteiger partial charge >= 0.3 is 0 Å². The zero-order valence-corrected chi connectivity index (χ0v) is 13.0. The first-order chi connectivity index (χ1) is 8.78. The Morgan fingerprint density at radius 2 is 2.22 bits per heavy atom. The molecule has 1 N–H and O–H groups in total. The van der Waals surface area contributed by atoms with Crippen LogP contribution in [-0.2, 0) is 13.0 Å². The number of thiophene rings is 1. The Hall–Kier alpha value is -0.380.